The molecule has 0 saturated carbocycles. The molecule has 1 aromatic rings. The molecule has 0 radical (unpaired) electrons. The number of ether oxygens (including phenoxy) is 3. The van der Waals surface area contributed by atoms with Crippen LogP contribution in [0.3, 0.4) is 0 Å². The van der Waals surface area contributed by atoms with Crippen molar-refractivity contribution in [2.45, 2.75) is 52.6 Å². The zero-order valence-electron chi connectivity index (χ0n) is 13.5. The summed E-state index contributed by atoms with van der Waals surface area (Å²) in [7, 11) is 1.57. The minimum absolute atomic E-state index is 0.0894. The quantitative estimate of drug-likeness (QED) is 0.505. The lowest BCUT2D eigenvalue weighted by Crippen LogP contribution is -2.14. The van der Waals surface area contributed by atoms with Gasteiger partial charge >= 0.3 is 5.97 Å². The van der Waals surface area contributed by atoms with Crippen molar-refractivity contribution in [1.29, 1.82) is 0 Å². The molecule has 4 heteroatoms. The summed E-state index contributed by atoms with van der Waals surface area (Å²) in [5.74, 6) is 0.888. The van der Waals surface area contributed by atoms with E-state index < -0.39 is 0 Å². The van der Waals surface area contributed by atoms with Gasteiger partial charge in [0.25, 0.3) is 0 Å². The lowest BCUT2D eigenvalue weighted by molar-refractivity contribution is 0.0334. The van der Waals surface area contributed by atoms with Crippen LogP contribution in [-0.2, 0) is 4.74 Å². The first-order valence-electron chi connectivity index (χ1n) is 7.64. The first kappa shape index (κ1) is 17.3. The Morgan fingerprint density at radius 1 is 1.19 bits per heavy atom. The summed E-state index contributed by atoms with van der Waals surface area (Å²) in [6, 6.07) is 5.14. The summed E-state index contributed by atoms with van der Waals surface area (Å²) >= 11 is 0. The maximum absolute atomic E-state index is 12.0. The van der Waals surface area contributed by atoms with E-state index in [4.69, 9.17) is 14.2 Å². The summed E-state index contributed by atoms with van der Waals surface area (Å²) in [4.78, 5) is 12.0. The van der Waals surface area contributed by atoms with E-state index in [1.807, 2.05) is 13.8 Å². The lowest BCUT2D eigenvalue weighted by atomic mass is 10.2. The molecule has 118 valence electrons. The number of esters is 1. The highest BCUT2D eigenvalue weighted by atomic mass is 16.5. The molecular weight excluding hydrogens is 268 g/mol. The summed E-state index contributed by atoms with van der Waals surface area (Å²) in [5, 5.41) is 0. The smallest absolute Gasteiger partial charge is 0.338 e. The molecular formula is C17H26O4. The van der Waals surface area contributed by atoms with Gasteiger partial charge in [-0.05, 0) is 38.0 Å². The van der Waals surface area contributed by atoms with E-state index in [1.165, 1.54) is 0 Å². The van der Waals surface area contributed by atoms with Crippen molar-refractivity contribution >= 4 is 5.97 Å². The van der Waals surface area contributed by atoms with Gasteiger partial charge in [-0.1, -0.05) is 26.7 Å². The van der Waals surface area contributed by atoms with Crippen LogP contribution in [0.1, 0.15) is 56.8 Å². The van der Waals surface area contributed by atoms with Crippen LogP contribution in [0.25, 0.3) is 0 Å². The molecule has 1 unspecified atom stereocenters. The molecule has 4 nitrogen and oxygen atoms in total. The van der Waals surface area contributed by atoms with Gasteiger partial charge in [-0.25, -0.2) is 4.79 Å². The van der Waals surface area contributed by atoms with Gasteiger partial charge in [0.1, 0.15) is 0 Å². The molecule has 0 bridgehead atoms. The maximum atomic E-state index is 12.0. The summed E-state index contributed by atoms with van der Waals surface area (Å²) in [6.07, 6.45) is 4.01. The third-order valence-corrected chi connectivity index (χ3v) is 3.29. The predicted octanol–water partition coefficient (Wildman–Crippen LogP) is 4.22. The van der Waals surface area contributed by atoms with Gasteiger partial charge in [-0.2, -0.15) is 0 Å². The molecule has 21 heavy (non-hydrogen) atoms. The van der Waals surface area contributed by atoms with Crippen molar-refractivity contribution in [1.82, 2.24) is 0 Å². The monoisotopic (exact) mass is 294 g/mol. The number of benzene rings is 1. The van der Waals surface area contributed by atoms with Crippen LogP contribution in [0.15, 0.2) is 18.2 Å². The molecule has 1 rings (SSSR count). The number of carbonyl (C=O) groups excluding carboxylic acids is 1. The second-order valence-electron chi connectivity index (χ2n) is 5.05. The van der Waals surface area contributed by atoms with Crippen molar-refractivity contribution < 1.29 is 19.0 Å². The second-order valence-corrected chi connectivity index (χ2v) is 5.05. The molecule has 0 aliphatic rings. The van der Waals surface area contributed by atoms with Crippen molar-refractivity contribution in [3.8, 4) is 11.5 Å². The van der Waals surface area contributed by atoms with E-state index in [-0.39, 0.29) is 12.1 Å². The molecule has 1 atom stereocenters. The number of hydrogen-bond acceptors (Lipinski definition) is 4. The first-order chi connectivity index (χ1) is 10.1. The van der Waals surface area contributed by atoms with Crippen molar-refractivity contribution in [2.75, 3.05) is 13.7 Å². The van der Waals surface area contributed by atoms with E-state index in [0.717, 1.165) is 25.7 Å². The van der Waals surface area contributed by atoms with Gasteiger partial charge in [0.15, 0.2) is 11.5 Å². The van der Waals surface area contributed by atoms with E-state index in [2.05, 4.69) is 6.92 Å². The van der Waals surface area contributed by atoms with Gasteiger partial charge in [0.2, 0.25) is 0 Å². The minimum atomic E-state index is -0.333. The van der Waals surface area contributed by atoms with E-state index in [0.29, 0.717) is 23.7 Å². The van der Waals surface area contributed by atoms with Gasteiger partial charge in [-0.15, -0.1) is 0 Å². The van der Waals surface area contributed by atoms with Crippen molar-refractivity contribution in [2.24, 2.45) is 0 Å². The fraction of sp³-hybridized carbons (Fsp3) is 0.588. The Morgan fingerprint density at radius 3 is 2.57 bits per heavy atom. The van der Waals surface area contributed by atoms with E-state index in [9.17, 15) is 4.79 Å². The van der Waals surface area contributed by atoms with Gasteiger partial charge in [0, 0.05) is 0 Å². The summed E-state index contributed by atoms with van der Waals surface area (Å²) < 4.78 is 16.3. The predicted molar refractivity (Wildman–Crippen MR) is 83.2 cm³/mol. The highest BCUT2D eigenvalue weighted by Crippen LogP contribution is 2.28. The van der Waals surface area contributed by atoms with E-state index >= 15 is 0 Å². The maximum Gasteiger partial charge on any atom is 0.338 e. The fourth-order valence-corrected chi connectivity index (χ4v) is 1.78. The molecule has 0 spiro atoms. The standard InChI is InChI=1S/C17H26O4/c1-5-7-8-11-20-15-10-9-14(12-16(15)19-4)17(18)21-13(3)6-2/h9-10,12-13H,5-8,11H2,1-4H3. The zero-order chi connectivity index (χ0) is 15.7. The first-order valence-corrected chi connectivity index (χ1v) is 7.64. The van der Waals surface area contributed by atoms with Crippen molar-refractivity contribution in [3.05, 3.63) is 23.8 Å². The molecule has 0 aliphatic heterocycles. The molecule has 0 fully saturated rings. The molecule has 0 aromatic heterocycles. The number of rotatable bonds is 9. The molecule has 1 aromatic carbocycles. The number of methoxy groups -OCH3 is 1. The topological polar surface area (TPSA) is 44.8 Å². The van der Waals surface area contributed by atoms with Crippen LogP contribution in [0.5, 0.6) is 11.5 Å². The highest BCUT2D eigenvalue weighted by molar-refractivity contribution is 5.90. The van der Waals surface area contributed by atoms with Crippen LogP contribution in [-0.4, -0.2) is 25.8 Å². The normalized spacial score (nSPS) is 11.8. The Hall–Kier alpha value is -1.71. The molecule has 0 saturated heterocycles. The lowest BCUT2D eigenvalue weighted by Gasteiger charge is -2.14. The zero-order valence-corrected chi connectivity index (χ0v) is 13.5. The Balaban J connectivity index is 2.71. The number of unbranched alkanes of at least 4 members (excludes halogenated alkanes) is 2. The highest BCUT2D eigenvalue weighted by Gasteiger charge is 2.14. The molecule has 0 amide bonds. The van der Waals surface area contributed by atoms with E-state index in [1.54, 1.807) is 25.3 Å². The van der Waals surface area contributed by atoms with Gasteiger partial charge in [-0.3, -0.25) is 0 Å². The Kier molecular flexibility index (Phi) is 7.65. The Labute approximate surface area is 127 Å². The van der Waals surface area contributed by atoms with Crippen molar-refractivity contribution in [3.63, 3.8) is 0 Å². The average molecular weight is 294 g/mol. The van der Waals surface area contributed by atoms with Crippen LogP contribution >= 0.6 is 0 Å². The second kappa shape index (κ2) is 9.27. The molecule has 0 heterocycles. The number of carbonyl (C=O) groups is 1. The largest absolute Gasteiger partial charge is 0.493 e. The Morgan fingerprint density at radius 2 is 1.95 bits per heavy atom. The van der Waals surface area contributed by atoms with Gasteiger partial charge < -0.3 is 14.2 Å². The van der Waals surface area contributed by atoms with Crippen LogP contribution in [0.2, 0.25) is 0 Å². The number of hydrogen-bond donors (Lipinski definition) is 0. The average Bonchev–Trinajstić information content (AvgIpc) is 2.51. The Bertz CT molecular complexity index is 442. The molecule has 0 aliphatic carbocycles. The minimum Gasteiger partial charge on any atom is -0.493 e. The van der Waals surface area contributed by atoms with Crippen LogP contribution in [0.4, 0.5) is 0 Å². The van der Waals surface area contributed by atoms with Gasteiger partial charge in [0.05, 0.1) is 25.4 Å². The van der Waals surface area contributed by atoms with Crippen LogP contribution in [0, 0.1) is 0 Å². The fourth-order valence-electron chi connectivity index (χ4n) is 1.78. The third-order valence-electron chi connectivity index (χ3n) is 3.29. The molecule has 0 N–H and O–H groups in total. The summed E-state index contributed by atoms with van der Waals surface area (Å²) in [6.45, 7) is 6.66. The van der Waals surface area contributed by atoms with Crippen LogP contribution < -0.4 is 9.47 Å². The SMILES string of the molecule is CCCCCOc1ccc(C(=O)OC(C)CC)cc1OC. The third kappa shape index (κ3) is 5.66. The summed E-state index contributed by atoms with van der Waals surface area (Å²) in [5.41, 5.74) is 0.480.